The Bertz CT molecular complexity index is 682. The van der Waals surface area contributed by atoms with Crippen LogP contribution >= 0.6 is 0 Å². The molecule has 0 bridgehead atoms. The molecule has 6 heteroatoms. The Kier molecular flexibility index (Phi) is 6.58. The fourth-order valence-corrected chi connectivity index (χ4v) is 2.17. The number of aliphatic hydroxyl groups excluding tert-OH is 1. The van der Waals surface area contributed by atoms with Gasteiger partial charge in [0.05, 0.1) is 18.5 Å². The van der Waals surface area contributed by atoms with E-state index < -0.39 is 0 Å². The van der Waals surface area contributed by atoms with Crippen LogP contribution in [-0.2, 0) is 0 Å². The Hall–Kier alpha value is -2.34. The molecule has 0 saturated carbocycles. The summed E-state index contributed by atoms with van der Waals surface area (Å²) in [5.74, 6) is 0.449. The Labute approximate surface area is 148 Å². The van der Waals surface area contributed by atoms with Crippen LogP contribution in [-0.4, -0.2) is 40.0 Å². The van der Waals surface area contributed by atoms with E-state index in [2.05, 4.69) is 10.4 Å². The van der Waals surface area contributed by atoms with Gasteiger partial charge in [0.2, 0.25) is 0 Å². The van der Waals surface area contributed by atoms with Gasteiger partial charge in [-0.3, -0.25) is 4.79 Å². The van der Waals surface area contributed by atoms with Crippen LogP contribution in [0.15, 0.2) is 36.5 Å². The van der Waals surface area contributed by atoms with Crippen molar-refractivity contribution in [2.45, 2.75) is 33.7 Å². The summed E-state index contributed by atoms with van der Waals surface area (Å²) in [4.78, 5) is 12.6. The summed E-state index contributed by atoms with van der Waals surface area (Å²) in [6.45, 7) is 8.35. The topological polar surface area (TPSA) is 76.4 Å². The highest BCUT2D eigenvalue weighted by atomic mass is 16.5. The van der Waals surface area contributed by atoms with E-state index in [4.69, 9.17) is 4.74 Å². The van der Waals surface area contributed by atoms with E-state index in [1.807, 2.05) is 58.0 Å². The number of ether oxygens (including phenoxy) is 1. The summed E-state index contributed by atoms with van der Waals surface area (Å²) in [5, 5.41) is 16.5. The molecule has 2 unspecified atom stereocenters. The molecule has 2 N–H and O–H groups in total. The van der Waals surface area contributed by atoms with Gasteiger partial charge in [0.25, 0.3) is 5.91 Å². The highest BCUT2D eigenvalue weighted by molar-refractivity contribution is 5.95. The van der Waals surface area contributed by atoms with Crippen molar-refractivity contribution in [3.63, 3.8) is 0 Å². The average molecular weight is 345 g/mol. The van der Waals surface area contributed by atoms with Crippen molar-refractivity contribution >= 4 is 5.91 Å². The first-order valence-corrected chi connectivity index (χ1v) is 8.62. The molecule has 1 amide bonds. The third-order valence-electron chi connectivity index (χ3n) is 3.99. The Morgan fingerprint density at radius 3 is 2.52 bits per heavy atom. The SMILES string of the molecule is CC(C)COc1cn(-c2ccccc2)nc1C(=O)NC(C)C(C)CO. The second kappa shape index (κ2) is 8.67. The van der Waals surface area contributed by atoms with Gasteiger partial charge in [0.15, 0.2) is 11.4 Å². The number of benzene rings is 1. The van der Waals surface area contributed by atoms with Crippen LogP contribution in [0.3, 0.4) is 0 Å². The third kappa shape index (κ3) is 5.06. The van der Waals surface area contributed by atoms with Gasteiger partial charge in [-0.05, 0) is 30.9 Å². The zero-order valence-electron chi connectivity index (χ0n) is 15.3. The second-order valence-corrected chi connectivity index (χ2v) is 6.75. The number of hydrogen-bond donors (Lipinski definition) is 2. The maximum absolute atomic E-state index is 12.6. The predicted molar refractivity (Wildman–Crippen MR) is 97.1 cm³/mol. The molecule has 0 saturated heterocycles. The van der Waals surface area contributed by atoms with Gasteiger partial charge in [-0.15, -0.1) is 0 Å². The lowest BCUT2D eigenvalue weighted by atomic mass is 10.1. The quantitative estimate of drug-likeness (QED) is 0.771. The smallest absolute Gasteiger partial charge is 0.275 e. The minimum absolute atomic E-state index is 0.0105. The van der Waals surface area contributed by atoms with Crippen LogP contribution in [0.2, 0.25) is 0 Å². The molecule has 6 nitrogen and oxygen atoms in total. The lowest BCUT2D eigenvalue weighted by Gasteiger charge is -2.18. The van der Waals surface area contributed by atoms with Crippen molar-refractivity contribution in [3.05, 3.63) is 42.2 Å². The van der Waals surface area contributed by atoms with Gasteiger partial charge in [0, 0.05) is 12.6 Å². The summed E-state index contributed by atoms with van der Waals surface area (Å²) < 4.78 is 7.44. The van der Waals surface area contributed by atoms with Crippen molar-refractivity contribution in [2.75, 3.05) is 13.2 Å². The van der Waals surface area contributed by atoms with E-state index in [0.29, 0.717) is 18.3 Å². The first-order valence-electron chi connectivity index (χ1n) is 8.62. The molecule has 0 aliphatic rings. The van der Waals surface area contributed by atoms with Crippen LogP contribution in [0, 0.1) is 11.8 Å². The summed E-state index contributed by atoms with van der Waals surface area (Å²) in [7, 11) is 0. The van der Waals surface area contributed by atoms with Gasteiger partial charge in [0.1, 0.15) is 0 Å². The predicted octanol–water partition coefficient (Wildman–Crippen LogP) is 2.65. The molecule has 2 aromatic rings. The largest absolute Gasteiger partial charge is 0.489 e. The zero-order chi connectivity index (χ0) is 18.4. The molecular weight excluding hydrogens is 318 g/mol. The van der Waals surface area contributed by atoms with Crippen LogP contribution in [0.25, 0.3) is 5.69 Å². The van der Waals surface area contributed by atoms with E-state index in [9.17, 15) is 9.90 Å². The van der Waals surface area contributed by atoms with E-state index >= 15 is 0 Å². The number of aromatic nitrogens is 2. The van der Waals surface area contributed by atoms with Crippen molar-refractivity contribution in [1.29, 1.82) is 0 Å². The Morgan fingerprint density at radius 2 is 1.92 bits per heavy atom. The molecule has 1 heterocycles. The number of rotatable bonds is 8. The summed E-state index contributed by atoms with van der Waals surface area (Å²) >= 11 is 0. The van der Waals surface area contributed by atoms with Gasteiger partial charge < -0.3 is 15.2 Å². The van der Waals surface area contributed by atoms with E-state index in [-0.39, 0.29) is 30.2 Å². The molecule has 0 aliphatic heterocycles. The Morgan fingerprint density at radius 1 is 1.24 bits per heavy atom. The molecule has 2 rings (SSSR count). The van der Waals surface area contributed by atoms with E-state index in [1.54, 1.807) is 10.9 Å². The molecule has 0 radical (unpaired) electrons. The first kappa shape index (κ1) is 19.0. The number of nitrogens with zero attached hydrogens (tertiary/aromatic N) is 2. The molecule has 0 fully saturated rings. The summed E-state index contributed by atoms with van der Waals surface area (Å²) in [6.07, 6.45) is 1.73. The normalized spacial score (nSPS) is 13.5. The third-order valence-corrected chi connectivity index (χ3v) is 3.99. The number of amides is 1. The second-order valence-electron chi connectivity index (χ2n) is 6.75. The van der Waals surface area contributed by atoms with Crippen molar-refractivity contribution < 1.29 is 14.6 Å². The fraction of sp³-hybridized carbons (Fsp3) is 0.474. The monoisotopic (exact) mass is 345 g/mol. The van der Waals surface area contributed by atoms with E-state index in [0.717, 1.165) is 5.69 Å². The number of aliphatic hydroxyl groups is 1. The molecule has 25 heavy (non-hydrogen) atoms. The maximum atomic E-state index is 12.6. The van der Waals surface area contributed by atoms with Crippen LogP contribution in [0.1, 0.15) is 38.2 Å². The number of carbonyl (C=O) groups excluding carboxylic acids is 1. The molecule has 1 aromatic carbocycles. The van der Waals surface area contributed by atoms with Crippen LogP contribution in [0.5, 0.6) is 5.75 Å². The number of para-hydroxylation sites is 1. The summed E-state index contributed by atoms with van der Waals surface area (Å²) in [5.41, 5.74) is 1.11. The molecule has 0 spiro atoms. The van der Waals surface area contributed by atoms with Gasteiger partial charge in [-0.1, -0.05) is 39.0 Å². The standard InChI is InChI=1S/C19H27N3O3/c1-13(2)12-25-17-10-22(16-8-6-5-7-9-16)21-18(17)19(24)20-15(4)14(3)11-23/h5-10,13-15,23H,11-12H2,1-4H3,(H,20,24). The number of carbonyl (C=O) groups is 1. The maximum Gasteiger partial charge on any atom is 0.275 e. The lowest BCUT2D eigenvalue weighted by Crippen LogP contribution is -2.38. The van der Waals surface area contributed by atoms with Gasteiger partial charge in [-0.25, -0.2) is 4.68 Å². The summed E-state index contributed by atoms with van der Waals surface area (Å²) in [6, 6.07) is 9.41. The number of nitrogens with one attached hydrogen (secondary N) is 1. The fourth-order valence-electron chi connectivity index (χ4n) is 2.17. The lowest BCUT2D eigenvalue weighted by molar-refractivity contribution is 0.0906. The molecular formula is C19H27N3O3. The van der Waals surface area contributed by atoms with E-state index in [1.165, 1.54) is 0 Å². The minimum Gasteiger partial charge on any atom is -0.489 e. The van der Waals surface area contributed by atoms with Crippen molar-refractivity contribution in [2.24, 2.45) is 11.8 Å². The van der Waals surface area contributed by atoms with Crippen LogP contribution in [0.4, 0.5) is 0 Å². The zero-order valence-corrected chi connectivity index (χ0v) is 15.3. The molecule has 1 aromatic heterocycles. The molecule has 0 aliphatic carbocycles. The Balaban J connectivity index is 2.27. The minimum atomic E-state index is -0.304. The molecule has 2 atom stereocenters. The molecule has 136 valence electrons. The van der Waals surface area contributed by atoms with Crippen molar-refractivity contribution in [3.8, 4) is 11.4 Å². The van der Waals surface area contributed by atoms with Gasteiger partial charge >= 0.3 is 0 Å². The highest BCUT2D eigenvalue weighted by Crippen LogP contribution is 2.21. The van der Waals surface area contributed by atoms with Crippen LogP contribution < -0.4 is 10.1 Å². The average Bonchev–Trinajstić information content (AvgIpc) is 3.04. The van der Waals surface area contributed by atoms with Crippen molar-refractivity contribution in [1.82, 2.24) is 15.1 Å². The number of hydrogen-bond acceptors (Lipinski definition) is 4. The highest BCUT2D eigenvalue weighted by Gasteiger charge is 2.22. The first-order chi connectivity index (χ1) is 11.9. The van der Waals surface area contributed by atoms with Gasteiger partial charge in [-0.2, -0.15) is 5.10 Å².